The van der Waals surface area contributed by atoms with E-state index in [-0.39, 0.29) is 6.61 Å². The van der Waals surface area contributed by atoms with Crippen LogP contribution in [0.15, 0.2) is 0 Å². The minimum Gasteiger partial charge on any atom is -0.450 e. The minimum absolute atomic E-state index is 0.250. The van der Waals surface area contributed by atoms with E-state index in [0.29, 0.717) is 6.54 Å². The van der Waals surface area contributed by atoms with E-state index in [9.17, 15) is 4.79 Å². The molecule has 0 radical (unpaired) electrons. The normalized spacial score (nSPS) is 9.90. The lowest BCUT2D eigenvalue weighted by atomic mass is 10.5. The Morgan fingerprint density at radius 2 is 2.30 bits per heavy atom. The van der Waals surface area contributed by atoms with Gasteiger partial charge in [-0.1, -0.05) is 6.92 Å². The Hall–Kier alpha value is -0.770. The number of carboxylic acid groups (broad SMARTS) is 1. The van der Waals surface area contributed by atoms with E-state index in [2.05, 4.69) is 4.74 Å². The van der Waals surface area contributed by atoms with Crippen LogP contribution < -0.4 is 0 Å². The predicted octanol–water partition coefficient (Wildman–Crippen LogP) is 0.633. The highest BCUT2D eigenvalue weighted by atomic mass is 16.7. The maximum atomic E-state index is 9.83. The molecule has 0 aromatic rings. The summed E-state index contributed by atoms with van der Waals surface area (Å²) in [6, 6.07) is 0. The van der Waals surface area contributed by atoms with Crippen molar-refractivity contribution in [1.82, 2.24) is 4.90 Å². The second-order valence-electron chi connectivity index (χ2n) is 2.01. The molecule has 0 aliphatic rings. The molecule has 4 nitrogen and oxygen atoms in total. The fourth-order valence-electron chi connectivity index (χ4n) is 0.447. The van der Waals surface area contributed by atoms with Crippen LogP contribution in [0.3, 0.4) is 0 Å². The molecule has 0 unspecified atom stereocenters. The van der Waals surface area contributed by atoms with Crippen molar-refractivity contribution in [3.05, 3.63) is 0 Å². The van der Waals surface area contributed by atoms with Crippen molar-refractivity contribution >= 4 is 6.16 Å². The first kappa shape index (κ1) is 9.23. The van der Waals surface area contributed by atoms with E-state index in [4.69, 9.17) is 5.11 Å². The molecule has 0 aromatic heterocycles. The van der Waals surface area contributed by atoms with Gasteiger partial charge in [-0.05, 0) is 13.6 Å². The first-order valence-electron chi connectivity index (χ1n) is 3.21. The Bertz CT molecular complexity index is 105. The standard InChI is InChI=1S/C6H13NO3/c1-3-7(2)4-5-10-6(8)9/h3-5H2,1-2H3,(H,8,9). The number of hydrogen-bond acceptors (Lipinski definition) is 3. The first-order valence-corrected chi connectivity index (χ1v) is 3.21. The van der Waals surface area contributed by atoms with Gasteiger partial charge in [0.2, 0.25) is 0 Å². The predicted molar refractivity (Wildman–Crippen MR) is 37.1 cm³/mol. The van der Waals surface area contributed by atoms with E-state index in [1.54, 1.807) is 0 Å². The Morgan fingerprint density at radius 1 is 1.70 bits per heavy atom. The fourth-order valence-corrected chi connectivity index (χ4v) is 0.447. The highest BCUT2D eigenvalue weighted by Crippen LogP contribution is 1.82. The highest BCUT2D eigenvalue weighted by molar-refractivity contribution is 5.56. The van der Waals surface area contributed by atoms with Gasteiger partial charge >= 0.3 is 6.16 Å². The lowest BCUT2D eigenvalue weighted by molar-refractivity contribution is 0.0839. The summed E-state index contributed by atoms with van der Waals surface area (Å²) in [6.07, 6.45) is -1.20. The molecule has 0 rings (SSSR count). The zero-order chi connectivity index (χ0) is 7.98. The van der Waals surface area contributed by atoms with Crippen molar-refractivity contribution in [3.63, 3.8) is 0 Å². The van der Waals surface area contributed by atoms with Crippen molar-refractivity contribution in [3.8, 4) is 0 Å². The summed E-state index contributed by atoms with van der Waals surface area (Å²) in [5, 5.41) is 8.06. The molecule has 0 spiro atoms. The SMILES string of the molecule is CCN(C)CCOC(=O)O. The molecule has 0 aliphatic heterocycles. The van der Waals surface area contributed by atoms with Crippen molar-refractivity contribution in [2.24, 2.45) is 0 Å². The van der Waals surface area contributed by atoms with Crippen LogP contribution in [0.5, 0.6) is 0 Å². The molecular formula is C6H13NO3. The van der Waals surface area contributed by atoms with E-state index < -0.39 is 6.16 Å². The summed E-state index contributed by atoms with van der Waals surface area (Å²) in [4.78, 5) is 11.8. The highest BCUT2D eigenvalue weighted by Gasteiger charge is 1.97. The third-order valence-corrected chi connectivity index (χ3v) is 1.24. The second kappa shape index (κ2) is 5.05. The van der Waals surface area contributed by atoms with Gasteiger partial charge in [0, 0.05) is 6.54 Å². The number of carbonyl (C=O) groups is 1. The lowest BCUT2D eigenvalue weighted by Crippen LogP contribution is -2.23. The Morgan fingerprint density at radius 3 is 2.70 bits per heavy atom. The molecule has 0 amide bonds. The maximum Gasteiger partial charge on any atom is 0.505 e. The maximum absolute atomic E-state index is 9.83. The number of rotatable bonds is 4. The van der Waals surface area contributed by atoms with Gasteiger partial charge in [0.15, 0.2) is 0 Å². The molecule has 10 heavy (non-hydrogen) atoms. The molecular weight excluding hydrogens is 134 g/mol. The zero-order valence-corrected chi connectivity index (χ0v) is 6.33. The topological polar surface area (TPSA) is 49.8 Å². The van der Waals surface area contributed by atoms with Gasteiger partial charge in [-0.15, -0.1) is 0 Å². The van der Waals surface area contributed by atoms with Crippen LogP contribution in [0, 0.1) is 0 Å². The van der Waals surface area contributed by atoms with E-state index in [1.807, 2.05) is 18.9 Å². The first-order chi connectivity index (χ1) is 4.66. The second-order valence-corrected chi connectivity index (χ2v) is 2.01. The van der Waals surface area contributed by atoms with Crippen LogP contribution in [0.25, 0.3) is 0 Å². The van der Waals surface area contributed by atoms with Crippen LogP contribution in [-0.2, 0) is 4.74 Å². The summed E-state index contributed by atoms with van der Waals surface area (Å²) in [5.74, 6) is 0. The van der Waals surface area contributed by atoms with Gasteiger partial charge in [-0.25, -0.2) is 4.79 Å². The monoisotopic (exact) mass is 147 g/mol. The fraction of sp³-hybridized carbons (Fsp3) is 0.833. The third-order valence-electron chi connectivity index (χ3n) is 1.24. The molecule has 4 heteroatoms. The van der Waals surface area contributed by atoms with Crippen LogP contribution in [0.2, 0.25) is 0 Å². The number of nitrogens with zero attached hydrogens (tertiary/aromatic N) is 1. The molecule has 0 heterocycles. The molecule has 0 aliphatic carbocycles. The summed E-state index contributed by atoms with van der Waals surface area (Å²) < 4.78 is 4.29. The third kappa shape index (κ3) is 5.37. The molecule has 0 saturated heterocycles. The average molecular weight is 147 g/mol. The molecule has 0 saturated carbocycles. The molecule has 0 fully saturated rings. The minimum atomic E-state index is -1.20. The number of ether oxygens (including phenoxy) is 1. The Kier molecular flexibility index (Phi) is 4.66. The molecule has 0 bridgehead atoms. The van der Waals surface area contributed by atoms with Crippen LogP contribution in [-0.4, -0.2) is 42.9 Å². The van der Waals surface area contributed by atoms with Crippen molar-refractivity contribution in [2.45, 2.75) is 6.92 Å². The van der Waals surface area contributed by atoms with Gasteiger partial charge in [0.25, 0.3) is 0 Å². The van der Waals surface area contributed by atoms with Crippen LogP contribution >= 0.6 is 0 Å². The van der Waals surface area contributed by atoms with Crippen LogP contribution in [0.4, 0.5) is 4.79 Å². The molecule has 0 aromatic carbocycles. The van der Waals surface area contributed by atoms with E-state index in [0.717, 1.165) is 6.54 Å². The van der Waals surface area contributed by atoms with Gasteiger partial charge in [0.05, 0.1) is 0 Å². The van der Waals surface area contributed by atoms with E-state index >= 15 is 0 Å². The van der Waals surface area contributed by atoms with Gasteiger partial charge < -0.3 is 14.7 Å². The zero-order valence-electron chi connectivity index (χ0n) is 6.33. The Balaban J connectivity index is 3.11. The Labute approximate surface area is 60.4 Å². The van der Waals surface area contributed by atoms with E-state index in [1.165, 1.54) is 0 Å². The summed E-state index contributed by atoms with van der Waals surface area (Å²) in [6.45, 7) is 3.81. The molecule has 1 N–H and O–H groups in total. The van der Waals surface area contributed by atoms with Crippen LogP contribution in [0.1, 0.15) is 6.92 Å². The van der Waals surface area contributed by atoms with Gasteiger partial charge in [-0.2, -0.15) is 0 Å². The van der Waals surface area contributed by atoms with Crippen molar-refractivity contribution < 1.29 is 14.6 Å². The molecule has 60 valence electrons. The average Bonchev–Trinajstić information content (AvgIpc) is 1.87. The molecule has 0 atom stereocenters. The number of hydrogen-bond donors (Lipinski definition) is 1. The summed E-state index contributed by atoms with van der Waals surface area (Å²) >= 11 is 0. The summed E-state index contributed by atoms with van der Waals surface area (Å²) in [5.41, 5.74) is 0. The van der Waals surface area contributed by atoms with Crippen molar-refractivity contribution in [1.29, 1.82) is 0 Å². The lowest BCUT2D eigenvalue weighted by Gasteiger charge is -2.11. The number of likely N-dealkylation sites (N-methyl/N-ethyl adjacent to an activating group) is 1. The van der Waals surface area contributed by atoms with Gasteiger partial charge in [0.1, 0.15) is 6.61 Å². The van der Waals surface area contributed by atoms with Crippen molar-refractivity contribution in [2.75, 3.05) is 26.7 Å². The largest absolute Gasteiger partial charge is 0.505 e. The van der Waals surface area contributed by atoms with Gasteiger partial charge in [-0.3, -0.25) is 0 Å². The summed E-state index contributed by atoms with van der Waals surface area (Å²) in [7, 11) is 1.91. The smallest absolute Gasteiger partial charge is 0.450 e. The quantitative estimate of drug-likeness (QED) is 0.592.